The lowest BCUT2D eigenvalue weighted by Gasteiger charge is -2.08. The van der Waals surface area contributed by atoms with E-state index in [9.17, 15) is 9.90 Å². The predicted molar refractivity (Wildman–Crippen MR) is 102 cm³/mol. The molecule has 0 saturated carbocycles. The molecule has 0 aliphatic carbocycles. The molecule has 0 radical (unpaired) electrons. The SMILES string of the molecule is CNc1cccc(Nc2n[nH]c(NCc3ccc(O)cc3)c2C(N)=O)c1. The molecule has 3 aromatic rings. The average Bonchev–Trinajstić information content (AvgIpc) is 3.04. The Morgan fingerprint density at radius 2 is 1.92 bits per heavy atom. The van der Waals surface area contributed by atoms with Crippen molar-refractivity contribution in [3.63, 3.8) is 0 Å². The lowest BCUT2D eigenvalue weighted by Crippen LogP contribution is -2.15. The summed E-state index contributed by atoms with van der Waals surface area (Å²) in [6, 6.07) is 14.3. The van der Waals surface area contributed by atoms with E-state index in [0.717, 1.165) is 16.9 Å². The quantitative estimate of drug-likeness (QED) is 0.388. The van der Waals surface area contributed by atoms with Gasteiger partial charge in [-0.15, -0.1) is 0 Å². The first kappa shape index (κ1) is 17.2. The van der Waals surface area contributed by atoms with Crippen molar-refractivity contribution in [2.45, 2.75) is 6.54 Å². The molecule has 26 heavy (non-hydrogen) atoms. The second kappa shape index (κ2) is 7.47. The Bertz CT molecular complexity index is 904. The van der Waals surface area contributed by atoms with Gasteiger partial charge in [-0.05, 0) is 35.9 Å². The van der Waals surface area contributed by atoms with E-state index >= 15 is 0 Å². The zero-order chi connectivity index (χ0) is 18.5. The number of benzene rings is 2. The summed E-state index contributed by atoms with van der Waals surface area (Å²) in [5, 5.41) is 25.5. The Balaban J connectivity index is 1.79. The molecule has 134 valence electrons. The molecule has 0 aliphatic heterocycles. The van der Waals surface area contributed by atoms with Crippen molar-refractivity contribution in [2.75, 3.05) is 23.0 Å². The topological polar surface area (TPSA) is 128 Å². The molecule has 1 heterocycles. The van der Waals surface area contributed by atoms with Gasteiger partial charge < -0.3 is 26.8 Å². The number of aromatic nitrogens is 2. The number of nitrogens with zero attached hydrogens (tertiary/aromatic N) is 1. The normalized spacial score (nSPS) is 10.3. The number of nitrogens with two attached hydrogens (primary N) is 1. The third-order valence-corrected chi connectivity index (χ3v) is 3.83. The molecule has 7 N–H and O–H groups in total. The molecule has 0 aliphatic rings. The van der Waals surface area contributed by atoms with Crippen molar-refractivity contribution in [3.05, 3.63) is 59.7 Å². The molecule has 0 fully saturated rings. The minimum atomic E-state index is -0.598. The van der Waals surface area contributed by atoms with E-state index in [-0.39, 0.29) is 11.3 Å². The highest BCUT2D eigenvalue weighted by Gasteiger charge is 2.18. The number of phenolic OH excluding ortho intramolecular Hbond substituents is 1. The first-order valence-corrected chi connectivity index (χ1v) is 8.01. The third-order valence-electron chi connectivity index (χ3n) is 3.83. The van der Waals surface area contributed by atoms with Crippen LogP contribution < -0.4 is 21.7 Å². The van der Waals surface area contributed by atoms with Crippen LogP contribution in [0.1, 0.15) is 15.9 Å². The van der Waals surface area contributed by atoms with Gasteiger partial charge in [0.1, 0.15) is 17.1 Å². The molecule has 3 rings (SSSR count). The smallest absolute Gasteiger partial charge is 0.256 e. The van der Waals surface area contributed by atoms with Crippen LogP contribution in [0.25, 0.3) is 0 Å². The van der Waals surface area contributed by atoms with Gasteiger partial charge in [-0.2, -0.15) is 5.10 Å². The lowest BCUT2D eigenvalue weighted by atomic mass is 10.2. The summed E-state index contributed by atoms with van der Waals surface area (Å²) in [5.41, 5.74) is 8.42. The van der Waals surface area contributed by atoms with Crippen LogP contribution in [-0.2, 0) is 6.54 Å². The van der Waals surface area contributed by atoms with Gasteiger partial charge in [-0.1, -0.05) is 18.2 Å². The Kier molecular flexibility index (Phi) is 4.93. The number of aromatic amines is 1. The van der Waals surface area contributed by atoms with Gasteiger partial charge in [0.05, 0.1) is 0 Å². The minimum absolute atomic E-state index is 0.198. The van der Waals surface area contributed by atoms with Crippen molar-refractivity contribution in [1.82, 2.24) is 10.2 Å². The fourth-order valence-electron chi connectivity index (χ4n) is 2.49. The van der Waals surface area contributed by atoms with Crippen molar-refractivity contribution < 1.29 is 9.90 Å². The second-order valence-electron chi connectivity index (χ2n) is 5.66. The maximum Gasteiger partial charge on any atom is 0.256 e. The number of H-pyrrole nitrogens is 1. The highest BCUT2D eigenvalue weighted by atomic mass is 16.3. The molecule has 8 nitrogen and oxygen atoms in total. The van der Waals surface area contributed by atoms with Crippen LogP contribution in [0, 0.1) is 0 Å². The first-order chi connectivity index (χ1) is 12.6. The number of hydrogen-bond donors (Lipinski definition) is 6. The number of aromatic hydroxyl groups is 1. The largest absolute Gasteiger partial charge is 0.508 e. The van der Waals surface area contributed by atoms with Crippen LogP contribution in [0.2, 0.25) is 0 Å². The number of amides is 1. The molecular weight excluding hydrogens is 332 g/mol. The second-order valence-corrected chi connectivity index (χ2v) is 5.66. The number of carbonyl (C=O) groups is 1. The maximum absolute atomic E-state index is 11.9. The predicted octanol–water partition coefficient (Wildman–Crippen LogP) is 2.61. The molecule has 0 atom stereocenters. The summed E-state index contributed by atoms with van der Waals surface area (Å²) in [5.74, 6) is 0.374. The van der Waals surface area contributed by atoms with Crippen LogP contribution >= 0.6 is 0 Å². The van der Waals surface area contributed by atoms with E-state index in [1.165, 1.54) is 0 Å². The van der Waals surface area contributed by atoms with Gasteiger partial charge in [-0.3, -0.25) is 9.89 Å². The Morgan fingerprint density at radius 3 is 2.62 bits per heavy atom. The zero-order valence-corrected chi connectivity index (χ0v) is 14.2. The van der Waals surface area contributed by atoms with E-state index in [0.29, 0.717) is 18.2 Å². The van der Waals surface area contributed by atoms with Crippen molar-refractivity contribution in [3.8, 4) is 5.75 Å². The first-order valence-electron chi connectivity index (χ1n) is 8.01. The molecule has 2 aromatic carbocycles. The standard InChI is InChI=1S/C18H20N6O2/c1-20-12-3-2-4-13(9-12)22-18-15(16(19)26)17(23-24-18)21-10-11-5-7-14(25)8-6-11/h2-9,20,25H,10H2,1H3,(H2,19,26)(H3,21,22,23,24). The monoisotopic (exact) mass is 352 g/mol. The fourth-order valence-corrected chi connectivity index (χ4v) is 2.49. The van der Waals surface area contributed by atoms with Gasteiger partial charge in [0.15, 0.2) is 5.82 Å². The number of anilines is 4. The van der Waals surface area contributed by atoms with Crippen molar-refractivity contribution in [1.29, 1.82) is 0 Å². The number of primary amides is 1. The van der Waals surface area contributed by atoms with Crippen LogP contribution in [0.3, 0.4) is 0 Å². The van der Waals surface area contributed by atoms with E-state index in [1.54, 1.807) is 24.3 Å². The summed E-state index contributed by atoms with van der Waals surface area (Å²) in [6.45, 7) is 0.442. The molecule has 8 heteroatoms. The van der Waals surface area contributed by atoms with Gasteiger partial charge in [0, 0.05) is 25.0 Å². The van der Waals surface area contributed by atoms with E-state index in [1.807, 2.05) is 31.3 Å². The molecule has 0 saturated heterocycles. The van der Waals surface area contributed by atoms with E-state index < -0.39 is 5.91 Å². The average molecular weight is 352 g/mol. The van der Waals surface area contributed by atoms with Gasteiger partial charge in [0.25, 0.3) is 5.91 Å². The summed E-state index contributed by atoms with van der Waals surface area (Å²) >= 11 is 0. The molecular formula is C18H20N6O2. The zero-order valence-electron chi connectivity index (χ0n) is 14.2. The van der Waals surface area contributed by atoms with Crippen molar-refractivity contribution >= 4 is 28.9 Å². The molecule has 1 aromatic heterocycles. The van der Waals surface area contributed by atoms with Gasteiger partial charge in [0.2, 0.25) is 0 Å². The molecule has 0 unspecified atom stereocenters. The van der Waals surface area contributed by atoms with Gasteiger partial charge >= 0.3 is 0 Å². The Hall–Kier alpha value is -3.68. The highest BCUT2D eigenvalue weighted by molar-refractivity contribution is 6.03. The Morgan fingerprint density at radius 1 is 1.19 bits per heavy atom. The highest BCUT2D eigenvalue weighted by Crippen LogP contribution is 2.26. The molecule has 0 bridgehead atoms. The summed E-state index contributed by atoms with van der Waals surface area (Å²) < 4.78 is 0. The number of phenols is 1. The van der Waals surface area contributed by atoms with E-state index in [2.05, 4.69) is 26.1 Å². The Labute approximate surface area is 150 Å². The number of hydrogen-bond acceptors (Lipinski definition) is 6. The summed E-state index contributed by atoms with van der Waals surface area (Å²) in [6.07, 6.45) is 0. The molecule has 1 amide bonds. The van der Waals surface area contributed by atoms with Crippen molar-refractivity contribution in [2.24, 2.45) is 5.73 Å². The third kappa shape index (κ3) is 3.86. The van der Waals surface area contributed by atoms with Crippen LogP contribution in [-0.4, -0.2) is 28.3 Å². The maximum atomic E-state index is 11.9. The van der Waals surface area contributed by atoms with E-state index in [4.69, 9.17) is 5.73 Å². The van der Waals surface area contributed by atoms with Crippen LogP contribution in [0.5, 0.6) is 5.75 Å². The minimum Gasteiger partial charge on any atom is -0.508 e. The van der Waals surface area contributed by atoms with Gasteiger partial charge in [-0.25, -0.2) is 0 Å². The van der Waals surface area contributed by atoms with Crippen LogP contribution in [0.15, 0.2) is 48.5 Å². The number of rotatable bonds is 7. The van der Waals surface area contributed by atoms with Crippen LogP contribution in [0.4, 0.5) is 23.0 Å². The molecule has 0 spiro atoms. The summed E-state index contributed by atoms with van der Waals surface area (Å²) in [4.78, 5) is 11.9. The number of nitrogens with one attached hydrogen (secondary N) is 4. The fraction of sp³-hybridized carbons (Fsp3) is 0.111. The lowest BCUT2D eigenvalue weighted by molar-refractivity contribution is 0.100. The number of carbonyl (C=O) groups excluding carboxylic acids is 1. The summed E-state index contributed by atoms with van der Waals surface area (Å²) in [7, 11) is 1.83.